The van der Waals surface area contributed by atoms with Crippen molar-refractivity contribution >= 4 is 37.6 Å². The normalized spacial score (nSPS) is 13.7. The van der Waals surface area contributed by atoms with Gasteiger partial charge in [-0.05, 0) is 24.6 Å². The summed E-state index contributed by atoms with van der Waals surface area (Å²) in [6.07, 6.45) is 0. The lowest BCUT2D eigenvalue weighted by molar-refractivity contribution is 0.568. The highest BCUT2D eigenvalue weighted by atomic mass is 79.9. The molecule has 1 rings (SSSR count). The van der Waals surface area contributed by atoms with Gasteiger partial charge in [-0.2, -0.15) is 0 Å². The van der Waals surface area contributed by atoms with Gasteiger partial charge in [0, 0.05) is 16.4 Å². The van der Waals surface area contributed by atoms with Gasteiger partial charge >= 0.3 is 0 Å². The largest absolute Gasteiger partial charge is 0.213 e. The van der Waals surface area contributed by atoms with Crippen LogP contribution in [0.5, 0.6) is 0 Å². The molecule has 0 fully saturated rings. The zero-order valence-corrected chi connectivity index (χ0v) is 11.9. The standard InChI is InChI=1S/C10H13BrClNO2S/c1-8(13-16(14,15)7-6-12)9-2-4-10(11)5-3-9/h2-5,8,13H,6-7H2,1H3/t8-/m1/s1. The zero-order valence-electron chi connectivity index (χ0n) is 8.78. The summed E-state index contributed by atoms with van der Waals surface area (Å²) >= 11 is 8.74. The minimum absolute atomic E-state index is 0.0601. The highest BCUT2D eigenvalue weighted by Gasteiger charge is 2.14. The smallest absolute Gasteiger partial charge is 0.212 e. The summed E-state index contributed by atoms with van der Waals surface area (Å²) in [6, 6.07) is 7.25. The number of benzene rings is 1. The molecule has 0 heterocycles. The van der Waals surface area contributed by atoms with Crippen molar-refractivity contribution in [2.24, 2.45) is 0 Å². The molecule has 0 radical (unpaired) electrons. The maximum atomic E-state index is 11.5. The maximum Gasteiger partial charge on any atom is 0.213 e. The fourth-order valence-corrected chi connectivity index (χ4v) is 3.12. The molecule has 90 valence electrons. The van der Waals surface area contributed by atoms with Gasteiger partial charge in [0.25, 0.3) is 0 Å². The highest BCUT2D eigenvalue weighted by Crippen LogP contribution is 2.17. The molecule has 0 aliphatic heterocycles. The van der Waals surface area contributed by atoms with Crippen molar-refractivity contribution in [3.05, 3.63) is 34.3 Å². The van der Waals surface area contributed by atoms with E-state index in [1.807, 2.05) is 24.3 Å². The number of rotatable bonds is 5. The number of hydrogen-bond donors (Lipinski definition) is 1. The van der Waals surface area contributed by atoms with Gasteiger partial charge in [-0.3, -0.25) is 0 Å². The van der Waals surface area contributed by atoms with Crippen molar-refractivity contribution < 1.29 is 8.42 Å². The van der Waals surface area contributed by atoms with Crippen LogP contribution in [0.25, 0.3) is 0 Å². The van der Waals surface area contributed by atoms with Gasteiger partial charge in [0.2, 0.25) is 10.0 Å². The Hall–Kier alpha value is -0.100. The van der Waals surface area contributed by atoms with Crippen LogP contribution >= 0.6 is 27.5 Å². The van der Waals surface area contributed by atoms with Crippen molar-refractivity contribution in [1.29, 1.82) is 0 Å². The second-order valence-electron chi connectivity index (χ2n) is 3.40. The van der Waals surface area contributed by atoms with Crippen LogP contribution in [0.15, 0.2) is 28.7 Å². The summed E-state index contributed by atoms with van der Waals surface area (Å²) in [5.41, 5.74) is 0.918. The summed E-state index contributed by atoms with van der Waals surface area (Å²) in [7, 11) is -3.28. The van der Waals surface area contributed by atoms with E-state index >= 15 is 0 Å². The molecule has 1 atom stereocenters. The molecule has 1 aromatic carbocycles. The van der Waals surface area contributed by atoms with Crippen molar-refractivity contribution in [3.8, 4) is 0 Å². The minimum Gasteiger partial charge on any atom is -0.212 e. The number of nitrogens with one attached hydrogen (secondary N) is 1. The van der Waals surface area contributed by atoms with Crippen LogP contribution < -0.4 is 4.72 Å². The molecule has 0 saturated heterocycles. The molecule has 1 N–H and O–H groups in total. The van der Waals surface area contributed by atoms with E-state index in [-0.39, 0.29) is 17.7 Å². The third-order valence-corrected chi connectivity index (χ3v) is 4.47. The fourth-order valence-electron chi connectivity index (χ4n) is 1.25. The van der Waals surface area contributed by atoms with Gasteiger partial charge in [-0.15, -0.1) is 11.6 Å². The van der Waals surface area contributed by atoms with Crippen molar-refractivity contribution in [2.75, 3.05) is 11.6 Å². The predicted molar refractivity (Wildman–Crippen MR) is 70.2 cm³/mol. The van der Waals surface area contributed by atoms with Crippen LogP contribution in [0.4, 0.5) is 0 Å². The number of sulfonamides is 1. The summed E-state index contributed by atoms with van der Waals surface area (Å²) in [6.45, 7) is 1.80. The third-order valence-electron chi connectivity index (χ3n) is 2.07. The molecule has 1 aromatic rings. The van der Waals surface area contributed by atoms with Crippen molar-refractivity contribution in [2.45, 2.75) is 13.0 Å². The van der Waals surface area contributed by atoms with Crippen molar-refractivity contribution in [1.82, 2.24) is 4.72 Å². The average molecular weight is 327 g/mol. The lowest BCUT2D eigenvalue weighted by Crippen LogP contribution is -2.29. The van der Waals surface area contributed by atoms with E-state index in [0.29, 0.717) is 0 Å². The quantitative estimate of drug-likeness (QED) is 0.846. The van der Waals surface area contributed by atoms with E-state index in [0.717, 1.165) is 10.0 Å². The van der Waals surface area contributed by atoms with Crippen LogP contribution in [0, 0.1) is 0 Å². The second-order valence-corrected chi connectivity index (χ2v) is 6.57. The minimum atomic E-state index is -3.28. The molecule has 0 bridgehead atoms. The third kappa shape index (κ3) is 4.41. The molecule has 3 nitrogen and oxygen atoms in total. The molecular weight excluding hydrogens is 314 g/mol. The van der Waals surface area contributed by atoms with E-state index in [2.05, 4.69) is 20.7 Å². The molecule has 6 heteroatoms. The lowest BCUT2D eigenvalue weighted by Gasteiger charge is -2.14. The van der Waals surface area contributed by atoms with Crippen LogP contribution in [0.3, 0.4) is 0 Å². The number of hydrogen-bond acceptors (Lipinski definition) is 2. The Bertz CT molecular complexity index is 433. The Kier molecular flexibility index (Phi) is 5.24. The molecule has 0 amide bonds. The van der Waals surface area contributed by atoms with Crippen LogP contribution in [-0.2, 0) is 10.0 Å². The van der Waals surface area contributed by atoms with Gasteiger partial charge in [0.1, 0.15) is 0 Å². The van der Waals surface area contributed by atoms with Crippen LogP contribution in [0.2, 0.25) is 0 Å². The van der Waals surface area contributed by atoms with Gasteiger partial charge in [0.15, 0.2) is 0 Å². The van der Waals surface area contributed by atoms with E-state index in [4.69, 9.17) is 11.6 Å². The summed E-state index contributed by atoms with van der Waals surface area (Å²) in [5.74, 6) is 0.0395. The Labute approximate surface area is 109 Å². The first kappa shape index (κ1) is 14.0. The molecule has 0 aliphatic carbocycles. The number of halogens is 2. The molecule has 16 heavy (non-hydrogen) atoms. The van der Waals surface area contributed by atoms with Crippen LogP contribution in [0.1, 0.15) is 18.5 Å². The molecule has 0 aliphatic rings. The van der Waals surface area contributed by atoms with Gasteiger partial charge < -0.3 is 0 Å². The molecule has 0 spiro atoms. The average Bonchev–Trinajstić information content (AvgIpc) is 2.17. The van der Waals surface area contributed by atoms with Crippen molar-refractivity contribution in [3.63, 3.8) is 0 Å². The summed E-state index contributed by atoms with van der Waals surface area (Å²) in [4.78, 5) is 0. The molecule has 0 unspecified atom stereocenters. The first-order chi connectivity index (χ1) is 7.44. The molecule has 0 saturated carbocycles. The first-order valence-corrected chi connectivity index (χ1v) is 7.74. The Morgan fingerprint density at radius 1 is 1.38 bits per heavy atom. The monoisotopic (exact) mass is 325 g/mol. The Balaban J connectivity index is 2.72. The Morgan fingerprint density at radius 3 is 2.44 bits per heavy atom. The fraction of sp³-hybridized carbons (Fsp3) is 0.400. The SMILES string of the molecule is C[C@@H](NS(=O)(=O)CCCl)c1ccc(Br)cc1. The molecule has 0 aromatic heterocycles. The van der Waals surface area contributed by atoms with Gasteiger partial charge in [-0.1, -0.05) is 28.1 Å². The predicted octanol–water partition coefficient (Wildman–Crippen LogP) is 2.67. The zero-order chi connectivity index (χ0) is 12.2. The van der Waals surface area contributed by atoms with Gasteiger partial charge in [0.05, 0.1) is 5.75 Å². The lowest BCUT2D eigenvalue weighted by atomic mass is 10.1. The second kappa shape index (κ2) is 6.00. The number of alkyl halides is 1. The Morgan fingerprint density at radius 2 is 1.94 bits per heavy atom. The first-order valence-electron chi connectivity index (χ1n) is 4.76. The van der Waals surface area contributed by atoms with Gasteiger partial charge in [-0.25, -0.2) is 13.1 Å². The van der Waals surface area contributed by atoms with Crippen LogP contribution in [-0.4, -0.2) is 20.1 Å². The maximum absolute atomic E-state index is 11.5. The molecular formula is C10H13BrClNO2S. The van der Waals surface area contributed by atoms with E-state index in [9.17, 15) is 8.42 Å². The van der Waals surface area contributed by atoms with E-state index in [1.165, 1.54) is 0 Å². The summed E-state index contributed by atoms with van der Waals surface area (Å²) < 4.78 is 26.5. The highest BCUT2D eigenvalue weighted by molar-refractivity contribution is 9.10. The summed E-state index contributed by atoms with van der Waals surface area (Å²) in [5, 5.41) is 0. The van der Waals surface area contributed by atoms with E-state index in [1.54, 1.807) is 6.92 Å². The topological polar surface area (TPSA) is 46.2 Å². The van der Waals surface area contributed by atoms with E-state index < -0.39 is 10.0 Å².